The molecule has 0 aliphatic carbocycles. The average Bonchev–Trinajstić information content (AvgIpc) is 3.29. The predicted octanol–water partition coefficient (Wildman–Crippen LogP) is 11.7. The van der Waals surface area contributed by atoms with E-state index in [9.17, 15) is 30.3 Å². The van der Waals surface area contributed by atoms with Crippen LogP contribution in [-0.4, -0.2) is 87.5 Å². The quantitative estimate of drug-likeness (QED) is 0.0262. The van der Waals surface area contributed by atoms with Crippen molar-refractivity contribution in [3.63, 3.8) is 0 Å². The second kappa shape index (κ2) is 44.0. The minimum Gasteiger partial charge on any atom is -0.394 e. The Balaban J connectivity index is 2.03. The van der Waals surface area contributed by atoms with Crippen molar-refractivity contribution in [3.05, 3.63) is 97.2 Å². The van der Waals surface area contributed by atoms with Gasteiger partial charge in [-0.15, -0.1) is 0 Å². The Kier molecular flexibility index (Phi) is 40.6. The van der Waals surface area contributed by atoms with Gasteiger partial charge in [0.05, 0.1) is 25.4 Å². The Morgan fingerprint density at radius 2 is 0.969 bits per heavy atom. The van der Waals surface area contributed by atoms with Gasteiger partial charge in [-0.25, -0.2) is 0 Å². The van der Waals surface area contributed by atoms with Crippen LogP contribution in [0.5, 0.6) is 0 Å². The molecule has 0 aromatic rings. The summed E-state index contributed by atoms with van der Waals surface area (Å²) in [7, 11) is 0. The molecular weight excluding hydrogens is 803 g/mol. The summed E-state index contributed by atoms with van der Waals surface area (Å²) in [5.74, 6) is -0.161. The number of aliphatic hydroxyl groups is 5. The van der Waals surface area contributed by atoms with E-state index in [1.807, 2.05) is 0 Å². The maximum Gasteiger partial charge on any atom is 0.220 e. The molecule has 7 atom stereocenters. The Bertz CT molecular complexity index is 1320. The average molecular weight is 896 g/mol. The molecule has 0 aromatic heterocycles. The Hall–Kier alpha value is -2.89. The van der Waals surface area contributed by atoms with Crippen molar-refractivity contribution >= 4 is 5.91 Å². The highest BCUT2D eigenvalue weighted by atomic mass is 16.7. The minimum absolute atomic E-state index is 0.146. The molecule has 366 valence electrons. The van der Waals surface area contributed by atoms with Crippen LogP contribution in [0, 0.1) is 0 Å². The van der Waals surface area contributed by atoms with E-state index >= 15 is 0 Å². The van der Waals surface area contributed by atoms with Crippen molar-refractivity contribution in [2.24, 2.45) is 0 Å². The number of hydrogen-bond donors (Lipinski definition) is 6. The van der Waals surface area contributed by atoms with Gasteiger partial charge in [0, 0.05) is 6.42 Å². The molecule has 6 N–H and O–H groups in total. The summed E-state index contributed by atoms with van der Waals surface area (Å²) < 4.78 is 11.1. The lowest BCUT2D eigenvalue weighted by atomic mass is 9.99. The van der Waals surface area contributed by atoms with Crippen LogP contribution < -0.4 is 5.32 Å². The van der Waals surface area contributed by atoms with Crippen LogP contribution >= 0.6 is 0 Å². The third-order valence-corrected chi connectivity index (χ3v) is 11.5. The highest BCUT2D eigenvalue weighted by Crippen LogP contribution is 2.23. The van der Waals surface area contributed by atoms with Gasteiger partial charge in [-0.2, -0.15) is 0 Å². The van der Waals surface area contributed by atoms with Crippen molar-refractivity contribution < 1.29 is 39.8 Å². The van der Waals surface area contributed by atoms with Crippen molar-refractivity contribution in [2.75, 3.05) is 13.2 Å². The lowest BCUT2D eigenvalue weighted by Crippen LogP contribution is -2.60. The minimum atomic E-state index is -1.55. The first-order valence-corrected chi connectivity index (χ1v) is 25.4. The molecule has 1 heterocycles. The molecule has 0 aromatic carbocycles. The molecule has 1 aliphatic heterocycles. The van der Waals surface area contributed by atoms with E-state index in [0.717, 1.165) is 96.3 Å². The molecule has 1 amide bonds. The van der Waals surface area contributed by atoms with Gasteiger partial charge in [0.25, 0.3) is 0 Å². The fourth-order valence-corrected chi connectivity index (χ4v) is 7.41. The number of carbonyl (C=O) groups is 1. The first kappa shape index (κ1) is 59.1. The number of aliphatic hydroxyl groups excluding tert-OH is 5. The maximum atomic E-state index is 12.9. The lowest BCUT2D eigenvalue weighted by Gasteiger charge is -2.40. The number of ether oxygens (including phenoxy) is 2. The first-order valence-electron chi connectivity index (χ1n) is 25.4. The molecule has 0 radical (unpaired) electrons. The number of hydrogen-bond acceptors (Lipinski definition) is 8. The van der Waals surface area contributed by atoms with Crippen molar-refractivity contribution in [1.29, 1.82) is 0 Å². The van der Waals surface area contributed by atoms with E-state index in [-0.39, 0.29) is 12.5 Å². The van der Waals surface area contributed by atoms with Gasteiger partial charge in [-0.1, -0.05) is 201 Å². The summed E-state index contributed by atoms with van der Waals surface area (Å²) in [6.45, 7) is 3.57. The van der Waals surface area contributed by atoms with Gasteiger partial charge in [0.15, 0.2) is 6.29 Å². The van der Waals surface area contributed by atoms with Crippen molar-refractivity contribution in [1.82, 2.24) is 5.32 Å². The summed E-state index contributed by atoms with van der Waals surface area (Å²) >= 11 is 0. The highest BCUT2D eigenvalue weighted by Gasteiger charge is 2.44. The van der Waals surface area contributed by atoms with E-state index in [1.54, 1.807) is 0 Å². The fourth-order valence-electron chi connectivity index (χ4n) is 7.41. The first-order chi connectivity index (χ1) is 31.3. The third kappa shape index (κ3) is 33.6. The monoisotopic (exact) mass is 896 g/mol. The fraction of sp³-hybridized carbons (Fsp3) is 0.691. The van der Waals surface area contributed by atoms with Crippen LogP contribution in [0.4, 0.5) is 0 Å². The Morgan fingerprint density at radius 1 is 0.547 bits per heavy atom. The van der Waals surface area contributed by atoms with Gasteiger partial charge in [0.2, 0.25) is 5.91 Å². The standard InChI is InChI=1S/C55H93NO8/c1-3-5-7-9-10-11-12-13-14-15-16-17-18-19-20-21-22-23-24-25-26-27-28-29-30-31-32-33-34-35-36-37-38-39-40-41-43-45-51(59)56-48(49(58)44-42-8-6-4-2)47-63-55-54(62)53(61)52(60)50(46-57)64-55/h5,7,10-11,13-14,16-17,19-20,22-23,25-26,28-29,48-50,52-55,57-58,60-62H,3-4,6,8-9,12,15,18,21,24,27,30-47H2,1-2H3,(H,56,59)/b7-5-,11-10-,14-13-,17-16-,20-19-,23-22-,26-25-,29-28-. The van der Waals surface area contributed by atoms with E-state index in [1.165, 1.54) is 64.2 Å². The van der Waals surface area contributed by atoms with Gasteiger partial charge < -0.3 is 40.3 Å². The second-order valence-electron chi connectivity index (χ2n) is 17.2. The molecule has 64 heavy (non-hydrogen) atoms. The zero-order valence-electron chi connectivity index (χ0n) is 40.2. The number of allylic oxidation sites excluding steroid dienone is 16. The zero-order valence-corrected chi connectivity index (χ0v) is 40.2. The third-order valence-electron chi connectivity index (χ3n) is 11.5. The SMILES string of the molecule is CC/C=C\C/C=C\C/C=C\C/C=C\C/C=C\C/C=C\C/C=C\C/C=C\CCCCCCCCCCCCCCC(=O)NC(COC1OC(CO)C(O)C(O)C1O)C(O)CCCCCC. The zero-order chi connectivity index (χ0) is 46.6. The van der Waals surface area contributed by atoms with E-state index in [2.05, 4.69) is 116 Å². The Labute approximate surface area is 390 Å². The second-order valence-corrected chi connectivity index (χ2v) is 17.2. The van der Waals surface area contributed by atoms with Crippen LogP contribution in [0.3, 0.4) is 0 Å². The number of carbonyl (C=O) groups excluding carboxylic acids is 1. The summed E-state index contributed by atoms with van der Waals surface area (Å²) in [6, 6.07) is -0.720. The molecule has 0 saturated carbocycles. The van der Waals surface area contributed by atoms with Crippen LogP contribution in [0.15, 0.2) is 97.2 Å². The summed E-state index contributed by atoms with van der Waals surface area (Å²) in [5, 5.41) is 53.8. The molecule has 9 heteroatoms. The van der Waals surface area contributed by atoms with E-state index < -0.39 is 49.5 Å². The molecule has 1 fully saturated rings. The molecule has 1 aliphatic rings. The van der Waals surface area contributed by atoms with Gasteiger partial charge in [0.1, 0.15) is 24.4 Å². The van der Waals surface area contributed by atoms with E-state index in [0.29, 0.717) is 12.8 Å². The molecular formula is C55H93NO8. The van der Waals surface area contributed by atoms with Crippen LogP contribution in [0.1, 0.15) is 187 Å². The summed E-state index contributed by atoms with van der Waals surface area (Å²) in [4.78, 5) is 12.9. The molecule has 7 unspecified atom stereocenters. The number of amides is 1. The number of unbranched alkanes of at least 4 members (excludes halogenated alkanes) is 15. The molecule has 9 nitrogen and oxygen atoms in total. The summed E-state index contributed by atoms with van der Waals surface area (Å²) in [5.41, 5.74) is 0. The lowest BCUT2D eigenvalue weighted by molar-refractivity contribution is -0.302. The molecule has 1 rings (SSSR count). The van der Waals surface area contributed by atoms with Crippen LogP contribution in [0.25, 0.3) is 0 Å². The van der Waals surface area contributed by atoms with Crippen molar-refractivity contribution in [2.45, 2.75) is 230 Å². The van der Waals surface area contributed by atoms with Crippen LogP contribution in [0.2, 0.25) is 0 Å². The smallest absolute Gasteiger partial charge is 0.220 e. The topological polar surface area (TPSA) is 149 Å². The normalized spacial score (nSPS) is 20.9. The van der Waals surface area contributed by atoms with Crippen LogP contribution in [-0.2, 0) is 14.3 Å². The Morgan fingerprint density at radius 3 is 1.42 bits per heavy atom. The summed E-state index contributed by atoms with van der Waals surface area (Å²) in [6.07, 6.45) is 56.5. The molecule has 1 saturated heterocycles. The van der Waals surface area contributed by atoms with E-state index in [4.69, 9.17) is 9.47 Å². The van der Waals surface area contributed by atoms with Gasteiger partial charge in [-0.3, -0.25) is 4.79 Å². The van der Waals surface area contributed by atoms with Gasteiger partial charge >= 0.3 is 0 Å². The molecule has 0 bridgehead atoms. The largest absolute Gasteiger partial charge is 0.394 e. The number of nitrogens with one attached hydrogen (secondary N) is 1. The number of rotatable bonds is 41. The highest BCUT2D eigenvalue weighted by molar-refractivity contribution is 5.76. The molecule has 0 spiro atoms. The predicted molar refractivity (Wildman–Crippen MR) is 267 cm³/mol. The van der Waals surface area contributed by atoms with Crippen molar-refractivity contribution in [3.8, 4) is 0 Å². The maximum absolute atomic E-state index is 12.9. The van der Waals surface area contributed by atoms with Gasteiger partial charge in [-0.05, 0) is 77.0 Å².